The summed E-state index contributed by atoms with van der Waals surface area (Å²) in [7, 11) is 6.68. The Bertz CT molecular complexity index is 830. The number of methoxy groups -OCH3 is 3. The minimum atomic E-state index is -0.0406. The fourth-order valence-corrected chi connectivity index (χ4v) is 2.94. The molecule has 2 N–H and O–H groups in total. The Kier molecular flexibility index (Phi) is 11.2. The zero-order chi connectivity index (χ0) is 21.2. The van der Waals surface area contributed by atoms with Crippen LogP contribution in [0.4, 0.5) is 0 Å². The van der Waals surface area contributed by atoms with Crippen LogP contribution in [0.5, 0.6) is 23.0 Å². The van der Waals surface area contributed by atoms with E-state index in [0.717, 1.165) is 34.1 Å². The first-order chi connectivity index (χ1) is 14.1. The molecule has 0 bridgehead atoms. The van der Waals surface area contributed by atoms with Gasteiger partial charge in [0.15, 0.2) is 17.5 Å². The third kappa shape index (κ3) is 6.86. The monoisotopic (exact) mass is 529 g/mol. The largest absolute Gasteiger partial charge is 0.497 e. The van der Waals surface area contributed by atoms with Crippen LogP contribution in [-0.4, -0.2) is 40.9 Å². The molecule has 30 heavy (non-hydrogen) atoms. The van der Waals surface area contributed by atoms with Gasteiger partial charge in [-0.25, -0.2) is 0 Å². The Morgan fingerprint density at radius 2 is 1.67 bits per heavy atom. The number of nitrogens with one attached hydrogen (secondary N) is 2. The SMILES string of the molecule is CCOc1cc(CNC(=NC)NC(C)c2cc(OC)ccc2OC)ccc1OC.I. The van der Waals surface area contributed by atoms with Gasteiger partial charge in [-0.1, -0.05) is 6.07 Å². The number of halogens is 1. The average molecular weight is 529 g/mol. The Hall–Kier alpha value is -2.36. The molecule has 0 aromatic heterocycles. The fraction of sp³-hybridized carbons (Fsp3) is 0.409. The summed E-state index contributed by atoms with van der Waals surface area (Å²) in [4.78, 5) is 4.33. The average Bonchev–Trinajstić information content (AvgIpc) is 2.76. The van der Waals surface area contributed by atoms with E-state index in [4.69, 9.17) is 18.9 Å². The molecule has 0 fully saturated rings. The van der Waals surface area contributed by atoms with E-state index in [1.165, 1.54) is 0 Å². The quantitative estimate of drug-likeness (QED) is 0.289. The molecule has 2 aromatic carbocycles. The highest BCUT2D eigenvalue weighted by molar-refractivity contribution is 14.0. The number of guanidine groups is 1. The lowest BCUT2D eigenvalue weighted by molar-refractivity contribution is 0.310. The van der Waals surface area contributed by atoms with Crippen molar-refractivity contribution in [2.24, 2.45) is 4.99 Å². The van der Waals surface area contributed by atoms with Crippen molar-refractivity contribution in [1.29, 1.82) is 0 Å². The van der Waals surface area contributed by atoms with Gasteiger partial charge in [0.1, 0.15) is 11.5 Å². The molecule has 2 aromatic rings. The second-order valence-corrected chi connectivity index (χ2v) is 6.32. The molecule has 0 aliphatic carbocycles. The van der Waals surface area contributed by atoms with Gasteiger partial charge in [0.05, 0.1) is 34.0 Å². The highest BCUT2D eigenvalue weighted by atomic mass is 127. The highest BCUT2D eigenvalue weighted by Gasteiger charge is 2.14. The summed E-state index contributed by atoms with van der Waals surface area (Å²) in [6, 6.07) is 11.6. The molecule has 0 spiro atoms. The van der Waals surface area contributed by atoms with Crippen LogP contribution in [0.2, 0.25) is 0 Å². The fourth-order valence-electron chi connectivity index (χ4n) is 2.94. The van der Waals surface area contributed by atoms with Crippen molar-refractivity contribution in [3.05, 3.63) is 47.5 Å². The van der Waals surface area contributed by atoms with Gasteiger partial charge < -0.3 is 29.6 Å². The molecule has 0 amide bonds. The molecule has 8 heteroatoms. The van der Waals surface area contributed by atoms with Crippen molar-refractivity contribution in [1.82, 2.24) is 10.6 Å². The predicted octanol–water partition coefficient (Wildman–Crippen LogP) is 4.16. The standard InChI is InChI=1S/C22H31N3O4.HI/c1-7-29-21-12-16(8-10-20(21)28-6)14-24-22(23-3)25-15(2)18-13-17(26-4)9-11-19(18)27-5;/h8-13,15H,7,14H2,1-6H3,(H2,23,24,25);1H. The summed E-state index contributed by atoms with van der Waals surface area (Å²) in [5, 5.41) is 6.72. The lowest BCUT2D eigenvalue weighted by atomic mass is 10.1. The van der Waals surface area contributed by atoms with E-state index in [0.29, 0.717) is 19.1 Å². The van der Waals surface area contributed by atoms with Crippen LogP contribution in [-0.2, 0) is 6.54 Å². The van der Waals surface area contributed by atoms with Gasteiger partial charge in [0, 0.05) is 19.2 Å². The lowest BCUT2D eigenvalue weighted by Gasteiger charge is -2.21. The Morgan fingerprint density at radius 3 is 2.27 bits per heavy atom. The smallest absolute Gasteiger partial charge is 0.191 e. The number of ether oxygens (including phenoxy) is 4. The van der Waals surface area contributed by atoms with Crippen molar-refractivity contribution in [3.63, 3.8) is 0 Å². The van der Waals surface area contributed by atoms with E-state index in [-0.39, 0.29) is 30.0 Å². The first-order valence-electron chi connectivity index (χ1n) is 9.55. The molecule has 166 valence electrons. The molecule has 2 rings (SSSR count). The van der Waals surface area contributed by atoms with E-state index >= 15 is 0 Å². The van der Waals surface area contributed by atoms with Gasteiger partial charge in [-0.3, -0.25) is 4.99 Å². The summed E-state index contributed by atoms with van der Waals surface area (Å²) in [5.74, 6) is 3.69. The van der Waals surface area contributed by atoms with Crippen molar-refractivity contribution in [2.75, 3.05) is 35.0 Å². The van der Waals surface area contributed by atoms with Crippen molar-refractivity contribution >= 4 is 29.9 Å². The number of benzene rings is 2. The van der Waals surface area contributed by atoms with E-state index in [1.54, 1.807) is 28.4 Å². The Labute approximate surface area is 196 Å². The molecule has 7 nitrogen and oxygen atoms in total. The lowest BCUT2D eigenvalue weighted by Crippen LogP contribution is -2.38. The number of aliphatic imine (C=N–C) groups is 1. The summed E-state index contributed by atoms with van der Waals surface area (Å²) in [6.07, 6.45) is 0. The summed E-state index contributed by atoms with van der Waals surface area (Å²) < 4.78 is 21.8. The molecule has 1 atom stereocenters. The Balaban J connectivity index is 0.00000450. The van der Waals surface area contributed by atoms with Crippen molar-refractivity contribution in [2.45, 2.75) is 26.4 Å². The van der Waals surface area contributed by atoms with Crippen LogP contribution in [0.15, 0.2) is 41.4 Å². The van der Waals surface area contributed by atoms with E-state index in [1.807, 2.05) is 50.2 Å². The maximum Gasteiger partial charge on any atom is 0.191 e. The van der Waals surface area contributed by atoms with Crippen LogP contribution in [0.25, 0.3) is 0 Å². The van der Waals surface area contributed by atoms with Crippen molar-refractivity contribution in [3.8, 4) is 23.0 Å². The third-order valence-corrected chi connectivity index (χ3v) is 4.47. The minimum absolute atomic E-state index is 0. The van der Waals surface area contributed by atoms with Crippen LogP contribution in [0.3, 0.4) is 0 Å². The summed E-state index contributed by atoms with van der Waals surface area (Å²) in [6.45, 7) is 5.16. The minimum Gasteiger partial charge on any atom is -0.497 e. The van der Waals surface area contributed by atoms with Gasteiger partial charge in [0.25, 0.3) is 0 Å². The van der Waals surface area contributed by atoms with Crippen LogP contribution >= 0.6 is 24.0 Å². The number of hydrogen-bond donors (Lipinski definition) is 2. The van der Waals surface area contributed by atoms with Crippen LogP contribution < -0.4 is 29.6 Å². The molecule has 0 aliphatic rings. The first kappa shape index (κ1) is 25.7. The van der Waals surface area contributed by atoms with Crippen LogP contribution in [0.1, 0.15) is 31.0 Å². The third-order valence-electron chi connectivity index (χ3n) is 4.47. The van der Waals surface area contributed by atoms with Gasteiger partial charge in [-0.2, -0.15) is 0 Å². The summed E-state index contributed by atoms with van der Waals surface area (Å²) >= 11 is 0. The van der Waals surface area contributed by atoms with Gasteiger partial charge >= 0.3 is 0 Å². The highest BCUT2D eigenvalue weighted by Crippen LogP contribution is 2.29. The van der Waals surface area contributed by atoms with Gasteiger partial charge in [-0.15, -0.1) is 24.0 Å². The second kappa shape index (κ2) is 13.0. The van der Waals surface area contributed by atoms with Crippen molar-refractivity contribution < 1.29 is 18.9 Å². The predicted molar refractivity (Wildman–Crippen MR) is 131 cm³/mol. The zero-order valence-corrected chi connectivity index (χ0v) is 20.8. The molecule has 0 aliphatic heterocycles. The number of rotatable bonds is 9. The maximum absolute atomic E-state index is 5.65. The summed E-state index contributed by atoms with van der Waals surface area (Å²) in [5.41, 5.74) is 2.04. The van der Waals surface area contributed by atoms with E-state index in [2.05, 4.69) is 15.6 Å². The maximum atomic E-state index is 5.65. The van der Waals surface area contributed by atoms with E-state index < -0.39 is 0 Å². The first-order valence-corrected chi connectivity index (χ1v) is 9.55. The van der Waals surface area contributed by atoms with Crippen LogP contribution in [0, 0.1) is 0 Å². The molecule has 1 unspecified atom stereocenters. The normalized spacial score (nSPS) is 11.7. The molecule has 0 saturated carbocycles. The molecular formula is C22H32IN3O4. The molecular weight excluding hydrogens is 497 g/mol. The van der Waals surface area contributed by atoms with E-state index in [9.17, 15) is 0 Å². The Morgan fingerprint density at radius 1 is 0.967 bits per heavy atom. The molecule has 0 heterocycles. The van der Waals surface area contributed by atoms with Gasteiger partial charge in [-0.05, 0) is 49.7 Å². The number of hydrogen-bond acceptors (Lipinski definition) is 5. The molecule has 0 radical (unpaired) electrons. The topological polar surface area (TPSA) is 73.3 Å². The number of nitrogens with zero attached hydrogens (tertiary/aromatic N) is 1. The van der Waals surface area contributed by atoms with Gasteiger partial charge in [0.2, 0.25) is 0 Å². The molecule has 0 saturated heterocycles. The zero-order valence-electron chi connectivity index (χ0n) is 18.4. The second-order valence-electron chi connectivity index (χ2n) is 6.32.